The monoisotopic (exact) mass is 421 g/mol. The van der Waals surface area contributed by atoms with Gasteiger partial charge in [-0.05, 0) is 38.7 Å². The van der Waals surface area contributed by atoms with E-state index in [1.165, 1.54) is 9.87 Å². The summed E-state index contributed by atoms with van der Waals surface area (Å²) in [6.45, 7) is 5.11. The molecule has 0 atom stereocenters. The normalized spacial score (nSPS) is 16.2. The number of amides is 1. The maximum absolute atomic E-state index is 12.4. The van der Waals surface area contributed by atoms with Gasteiger partial charge in [0.25, 0.3) is 0 Å². The molecule has 1 aliphatic rings. The van der Waals surface area contributed by atoms with E-state index >= 15 is 0 Å². The zero-order valence-corrected chi connectivity index (χ0v) is 18.0. The highest BCUT2D eigenvalue weighted by atomic mass is 32.2. The van der Waals surface area contributed by atoms with Gasteiger partial charge in [-0.2, -0.15) is 0 Å². The molecule has 28 heavy (non-hydrogen) atoms. The number of benzene rings is 1. The van der Waals surface area contributed by atoms with Gasteiger partial charge in [0.15, 0.2) is 0 Å². The lowest BCUT2D eigenvalue weighted by atomic mass is 9.97. The number of carbonyl (C=O) groups excluding carboxylic acids is 1. The number of hydrogen-bond donors (Lipinski definition) is 1. The van der Waals surface area contributed by atoms with E-state index in [1.807, 2.05) is 6.92 Å². The molecule has 6 nitrogen and oxygen atoms in total. The number of aromatic nitrogens is 1. The number of hydrogen-bond acceptors (Lipinski definition) is 5. The Bertz CT molecular complexity index is 899. The van der Waals surface area contributed by atoms with E-state index in [9.17, 15) is 13.2 Å². The second-order valence-electron chi connectivity index (χ2n) is 7.06. The van der Waals surface area contributed by atoms with Crippen LogP contribution in [0, 0.1) is 12.8 Å². The summed E-state index contributed by atoms with van der Waals surface area (Å²) in [4.78, 5) is 16.9. The first-order valence-electron chi connectivity index (χ1n) is 9.66. The molecule has 1 N–H and O–H groups in total. The second kappa shape index (κ2) is 9.15. The average molecular weight is 422 g/mol. The average Bonchev–Trinajstić information content (AvgIpc) is 3.15. The topological polar surface area (TPSA) is 79.4 Å². The van der Waals surface area contributed by atoms with Crippen LogP contribution in [0.2, 0.25) is 0 Å². The lowest BCUT2D eigenvalue weighted by molar-refractivity contribution is -0.126. The van der Waals surface area contributed by atoms with Gasteiger partial charge in [-0.1, -0.05) is 24.3 Å². The molecule has 2 aromatic rings. The Morgan fingerprint density at radius 3 is 2.50 bits per heavy atom. The molecule has 0 bridgehead atoms. The highest BCUT2D eigenvalue weighted by Gasteiger charge is 2.29. The first-order valence-corrected chi connectivity index (χ1v) is 12.1. The molecule has 152 valence electrons. The molecule has 8 heteroatoms. The Hall–Kier alpha value is -1.77. The number of carbonyl (C=O) groups is 1. The Morgan fingerprint density at radius 2 is 1.93 bits per heavy atom. The minimum absolute atomic E-state index is 0.0307. The van der Waals surface area contributed by atoms with Crippen LogP contribution in [0.4, 0.5) is 0 Å². The van der Waals surface area contributed by atoms with E-state index in [1.54, 1.807) is 18.3 Å². The maximum Gasteiger partial charge on any atom is 0.223 e. The molecule has 2 heterocycles. The molecule has 1 fully saturated rings. The molecule has 0 unspecified atom stereocenters. The standard InChI is InChI=1S/C20H27N3O3S2/c1-3-28(25,26)23-12-9-18(10-13-23)20(24)21-11-8-16-4-6-17(7-5-16)19-14-27-15(2)22-19/h4-7,14,18H,3,8-13H2,1-2H3,(H,21,24). The number of piperidine rings is 1. The van der Waals surface area contributed by atoms with Crippen LogP contribution >= 0.6 is 11.3 Å². The predicted octanol–water partition coefficient (Wildman–Crippen LogP) is 2.84. The Balaban J connectivity index is 1.43. The molecule has 0 spiro atoms. The van der Waals surface area contributed by atoms with Crippen molar-refractivity contribution in [1.82, 2.24) is 14.6 Å². The van der Waals surface area contributed by atoms with Crippen LogP contribution in [0.5, 0.6) is 0 Å². The quantitative estimate of drug-likeness (QED) is 0.746. The fraction of sp³-hybridized carbons (Fsp3) is 0.500. The first-order chi connectivity index (χ1) is 13.4. The maximum atomic E-state index is 12.4. The minimum Gasteiger partial charge on any atom is -0.356 e. The van der Waals surface area contributed by atoms with Crippen LogP contribution in [0.15, 0.2) is 29.6 Å². The van der Waals surface area contributed by atoms with Crippen molar-refractivity contribution in [3.8, 4) is 11.3 Å². The van der Waals surface area contributed by atoms with Gasteiger partial charge in [0.1, 0.15) is 0 Å². The third kappa shape index (κ3) is 5.18. The van der Waals surface area contributed by atoms with Gasteiger partial charge in [0.2, 0.25) is 15.9 Å². The number of aryl methyl sites for hydroxylation is 1. The summed E-state index contributed by atoms with van der Waals surface area (Å²) in [5.41, 5.74) is 3.27. The van der Waals surface area contributed by atoms with Crippen molar-refractivity contribution in [2.24, 2.45) is 5.92 Å². The van der Waals surface area contributed by atoms with Crippen molar-refractivity contribution in [2.75, 3.05) is 25.4 Å². The summed E-state index contributed by atoms with van der Waals surface area (Å²) < 4.78 is 25.3. The van der Waals surface area contributed by atoms with E-state index in [-0.39, 0.29) is 17.6 Å². The Labute approximate surface area is 171 Å². The van der Waals surface area contributed by atoms with Crippen LogP contribution in [-0.2, 0) is 21.2 Å². The lowest BCUT2D eigenvalue weighted by Crippen LogP contribution is -2.43. The van der Waals surface area contributed by atoms with Crippen molar-refractivity contribution in [3.63, 3.8) is 0 Å². The molecule has 0 saturated carbocycles. The van der Waals surface area contributed by atoms with Crippen molar-refractivity contribution >= 4 is 27.3 Å². The van der Waals surface area contributed by atoms with Gasteiger partial charge < -0.3 is 5.32 Å². The first kappa shape index (κ1) is 21.0. The highest BCUT2D eigenvalue weighted by Crippen LogP contribution is 2.22. The number of sulfonamides is 1. The zero-order chi connectivity index (χ0) is 20.1. The fourth-order valence-corrected chi connectivity index (χ4v) is 5.15. The van der Waals surface area contributed by atoms with Crippen LogP contribution < -0.4 is 5.32 Å². The van der Waals surface area contributed by atoms with Crippen molar-refractivity contribution < 1.29 is 13.2 Å². The van der Waals surface area contributed by atoms with Gasteiger partial charge in [-0.25, -0.2) is 17.7 Å². The summed E-state index contributed by atoms with van der Waals surface area (Å²) in [6, 6.07) is 8.28. The molecule has 1 aliphatic heterocycles. The predicted molar refractivity (Wildman–Crippen MR) is 113 cm³/mol. The second-order valence-corrected chi connectivity index (χ2v) is 10.4. The lowest BCUT2D eigenvalue weighted by Gasteiger charge is -2.30. The smallest absolute Gasteiger partial charge is 0.223 e. The van der Waals surface area contributed by atoms with E-state index in [0.717, 1.165) is 22.7 Å². The Morgan fingerprint density at radius 1 is 1.25 bits per heavy atom. The van der Waals surface area contributed by atoms with Crippen LogP contribution in [0.3, 0.4) is 0 Å². The van der Waals surface area contributed by atoms with Gasteiger partial charge >= 0.3 is 0 Å². The fourth-order valence-electron chi connectivity index (χ4n) is 3.39. The van der Waals surface area contributed by atoms with Gasteiger partial charge in [-0.15, -0.1) is 11.3 Å². The van der Waals surface area contributed by atoms with E-state index in [4.69, 9.17) is 0 Å². The zero-order valence-electron chi connectivity index (χ0n) is 16.3. The molecular formula is C20H27N3O3S2. The minimum atomic E-state index is -3.15. The highest BCUT2D eigenvalue weighted by molar-refractivity contribution is 7.89. The molecule has 1 amide bonds. The molecule has 1 saturated heterocycles. The number of nitrogens with zero attached hydrogens (tertiary/aromatic N) is 2. The molecule has 0 aliphatic carbocycles. The van der Waals surface area contributed by atoms with Gasteiger partial charge in [0.05, 0.1) is 16.5 Å². The summed E-state index contributed by atoms with van der Waals surface area (Å²) in [7, 11) is -3.15. The van der Waals surface area contributed by atoms with E-state index in [2.05, 4.69) is 39.9 Å². The van der Waals surface area contributed by atoms with E-state index in [0.29, 0.717) is 32.5 Å². The third-order valence-electron chi connectivity index (χ3n) is 5.16. The summed E-state index contributed by atoms with van der Waals surface area (Å²) in [6.07, 6.45) is 1.95. The largest absolute Gasteiger partial charge is 0.356 e. The molecule has 1 aromatic carbocycles. The Kier molecular flexibility index (Phi) is 6.85. The van der Waals surface area contributed by atoms with Crippen LogP contribution in [0.25, 0.3) is 11.3 Å². The van der Waals surface area contributed by atoms with Crippen molar-refractivity contribution in [2.45, 2.75) is 33.1 Å². The van der Waals surface area contributed by atoms with Crippen molar-refractivity contribution in [3.05, 3.63) is 40.2 Å². The number of rotatable bonds is 7. The van der Waals surface area contributed by atoms with Crippen LogP contribution in [0.1, 0.15) is 30.3 Å². The summed E-state index contributed by atoms with van der Waals surface area (Å²) in [5, 5.41) is 6.11. The van der Waals surface area contributed by atoms with E-state index < -0.39 is 10.0 Å². The van der Waals surface area contributed by atoms with Crippen LogP contribution in [-0.4, -0.2) is 49.0 Å². The molecular weight excluding hydrogens is 394 g/mol. The molecule has 1 aromatic heterocycles. The summed E-state index contributed by atoms with van der Waals surface area (Å²) in [5.74, 6) is 0.0479. The molecule has 3 rings (SSSR count). The summed E-state index contributed by atoms with van der Waals surface area (Å²) >= 11 is 1.64. The molecule has 0 radical (unpaired) electrons. The number of nitrogens with one attached hydrogen (secondary N) is 1. The number of thiazole rings is 1. The van der Waals surface area contributed by atoms with Gasteiger partial charge in [-0.3, -0.25) is 4.79 Å². The SMILES string of the molecule is CCS(=O)(=O)N1CCC(C(=O)NCCc2ccc(-c3csc(C)n3)cc2)CC1. The van der Waals surface area contributed by atoms with Crippen molar-refractivity contribution in [1.29, 1.82) is 0 Å². The van der Waals surface area contributed by atoms with Gasteiger partial charge in [0, 0.05) is 36.5 Å². The third-order valence-corrected chi connectivity index (χ3v) is 7.82.